The average Bonchev–Trinajstić information content (AvgIpc) is 2.77. The summed E-state index contributed by atoms with van der Waals surface area (Å²) < 4.78 is 10.8. The van der Waals surface area contributed by atoms with Gasteiger partial charge in [-0.3, -0.25) is 9.59 Å². The van der Waals surface area contributed by atoms with E-state index in [0.717, 1.165) is 19.4 Å². The van der Waals surface area contributed by atoms with E-state index in [4.69, 9.17) is 9.47 Å². The molecule has 0 bridgehead atoms. The Bertz CT molecular complexity index is 840. The number of benzene rings is 2. The molecule has 0 radical (unpaired) electrons. The lowest BCUT2D eigenvalue weighted by Gasteiger charge is -2.18. The fourth-order valence-electron chi connectivity index (χ4n) is 2.92. The Kier molecular flexibility index (Phi) is 9.15. The number of methoxy groups -OCH3 is 2. The molecule has 0 spiro atoms. The molecule has 2 rings (SSSR count). The Morgan fingerprint density at radius 2 is 1.53 bits per heavy atom. The molecule has 0 aliphatic rings. The Morgan fingerprint density at radius 1 is 0.933 bits per heavy atom. The second kappa shape index (κ2) is 11.8. The van der Waals surface area contributed by atoms with Gasteiger partial charge in [-0.2, -0.15) is 0 Å². The third kappa shape index (κ3) is 6.77. The highest BCUT2D eigenvalue weighted by molar-refractivity contribution is 6.05. The van der Waals surface area contributed by atoms with Crippen LogP contribution >= 0.6 is 0 Å². The minimum atomic E-state index is -0.261. The zero-order valence-corrected chi connectivity index (χ0v) is 18.2. The van der Waals surface area contributed by atoms with E-state index in [1.807, 2.05) is 13.1 Å². The highest BCUT2D eigenvalue weighted by Crippen LogP contribution is 2.36. The largest absolute Gasteiger partial charge is 0.494 e. The monoisotopic (exact) mass is 413 g/mol. The van der Waals surface area contributed by atoms with Gasteiger partial charge >= 0.3 is 0 Å². The number of hydrogen-bond donors (Lipinski definition) is 2. The summed E-state index contributed by atoms with van der Waals surface area (Å²) in [6, 6.07) is 12.2. The molecule has 30 heavy (non-hydrogen) atoms. The van der Waals surface area contributed by atoms with Gasteiger partial charge in [0.1, 0.15) is 11.5 Å². The maximum atomic E-state index is 12.5. The number of amides is 2. The van der Waals surface area contributed by atoms with Crippen molar-refractivity contribution in [1.82, 2.24) is 4.90 Å². The predicted octanol–water partition coefficient (Wildman–Crippen LogP) is 4.02. The maximum Gasteiger partial charge on any atom is 0.255 e. The topological polar surface area (TPSA) is 79.9 Å². The summed E-state index contributed by atoms with van der Waals surface area (Å²) in [5.74, 6) is 0.491. The molecular weight excluding hydrogens is 382 g/mol. The van der Waals surface area contributed by atoms with Crippen molar-refractivity contribution in [3.05, 3.63) is 48.0 Å². The van der Waals surface area contributed by atoms with Crippen LogP contribution in [0, 0.1) is 0 Å². The van der Waals surface area contributed by atoms with Crippen molar-refractivity contribution in [2.24, 2.45) is 0 Å². The van der Waals surface area contributed by atoms with Crippen molar-refractivity contribution >= 4 is 23.2 Å². The summed E-state index contributed by atoms with van der Waals surface area (Å²) in [6.45, 7) is 3.79. The highest BCUT2D eigenvalue weighted by atomic mass is 16.5. The van der Waals surface area contributed by atoms with Gasteiger partial charge in [-0.05, 0) is 32.1 Å². The minimum Gasteiger partial charge on any atom is -0.494 e. The third-order valence-corrected chi connectivity index (χ3v) is 4.69. The zero-order valence-electron chi connectivity index (χ0n) is 18.2. The Morgan fingerprint density at radius 3 is 2.10 bits per heavy atom. The molecule has 0 unspecified atom stereocenters. The Labute approximate surface area is 178 Å². The van der Waals surface area contributed by atoms with Crippen LogP contribution in [-0.4, -0.2) is 51.1 Å². The summed E-state index contributed by atoms with van der Waals surface area (Å²) >= 11 is 0. The number of unbranched alkanes of at least 4 members (excludes halogenated alkanes) is 1. The first-order valence-corrected chi connectivity index (χ1v) is 10.1. The van der Waals surface area contributed by atoms with Crippen molar-refractivity contribution in [1.29, 1.82) is 0 Å². The number of rotatable bonds is 11. The van der Waals surface area contributed by atoms with Crippen molar-refractivity contribution in [3.63, 3.8) is 0 Å². The normalized spacial score (nSPS) is 10.6. The summed E-state index contributed by atoms with van der Waals surface area (Å²) in [5, 5.41) is 5.71. The number of carbonyl (C=O) groups is 2. The molecule has 0 aliphatic carbocycles. The number of hydrogen-bond acceptors (Lipinski definition) is 5. The Balaban J connectivity index is 2.10. The van der Waals surface area contributed by atoms with Gasteiger partial charge in [0, 0.05) is 30.7 Å². The molecule has 2 aromatic rings. The number of nitrogens with zero attached hydrogens (tertiary/aromatic N) is 1. The highest BCUT2D eigenvalue weighted by Gasteiger charge is 2.16. The van der Waals surface area contributed by atoms with Crippen LogP contribution in [0.1, 0.15) is 36.5 Å². The third-order valence-electron chi connectivity index (χ3n) is 4.69. The minimum absolute atomic E-state index is 0.111. The average molecular weight is 414 g/mol. The molecule has 2 N–H and O–H groups in total. The Hall–Kier alpha value is -3.06. The van der Waals surface area contributed by atoms with Gasteiger partial charge in [0.05, 0.1) is 25.6 Å². The van der Waals surface area contributed by atoms with Gasteiger partial charge in [0.25, 0.3) is 5.91 Å². The fraction of sp³-hybridized carbons (Fsp3) is 0.391. The van der Waals surface area contributed by atoms with E-state index in [2.05, 4.69) is 22.5 Å². The van der Waals surface area contributed by atoms with E-state index < -0.39 is 0 Å². The molecule has 7 nitrogen and oxygen atoms in total. The van der Waals surface area contributed by atoms with Crippen LogP contribution in [0.4, 0.5) is 11.4 Å². The second-order valence-corrected chi connectivity index (χ2v) is 7.03. The molecule has 0 aromatic heterocycles. The van der Waals surface area contributed by atoms with Crippen LogP contribution in [0.2, 0.25) is 0 Å². The van der Waals surface area contributed by atoms with Gasteiger partial charge < -0.3 is 25.0 Å². The van der Waals surface area contributed by atoms with Gasteiger partial charge in [0.2, 0.25) is 5.91 Å². The predicted molar refractivity (Wildman–Crippen MR) is 120 cm³/mol. The molecule has 0 saturated heterocycles. The first-order valence-electron chi connectivity index (χ1n) is 10.1. The smallest absolute Gasteiger partial charge is 0.255 e. The lowest BCUT2D eigenvalue weighted by Crippen LogP contribution is -2.25. The van der Waals surface area contributed by atoms with Gasteiger partial charge in [-0.15, -0.1) is 0 Å². The quantitative estimate of drug-likeness (QED) is 0.582. The van der Waals surface area contributed by atoms with E-state index in [9.17, 15) is 9.59 Å². The summed E-state index contributed by atoms with van der Waals surface area (Å²) in [4.78, 5) is 27.0. The SMILES string of the molecule is CCCCN(C)CCC(=O)Nc1cc(OC)c(NC(=O)c2ccccc2)cc1OC. The molecule has 0 atom stereocenters. The maximum absolute atomic E-state index is 12.5. The second-order valence-electron chi connectivity index (χ2n) is 7.03. The lowest BCUT2D eigenvalue weighted by molar-refractivity contribution is -0.116. The lowest BCUT2D eigenvalue weighted by atomic mass is 10.2. The van der Waals surface area contributed by atoms with Crippen LogP contribution in [-0.2, 0) is 4.79 Å². The molecule has 0 fully saturated rings. The van der Waals surface area contributed by atoms with Crippen molar-refractivity contribution in [3.8, 4) is 11.5 Å². The number of carbonyl (C=O) groups excluding carboxylic acids is 2. The van der Waals surface area contributed by atoms with E-state index in [1.54, 1.807) is 36.4 Å². The van der Waals surface area contributed by atoms with Crippen molar-refractivity contribution in [2.45, 2.75) is 26.2 Å². The molecule has 0 heterocycles. The van der Waals surface area contributed by atoms with Crippen LogP contribution < -0.4 is 20.1 Å². The first kappa shape index (κ1) is 23.2. The van der Waals surface area contributed by atoms with Crippen LogP contribution in [0.25, 0.3) is 0 Å². The zero-order chi connectivity index (χ0) is 21.9. The molecule has 2 aromatic carbocycles. The molecule has 162 valence electrons. The molecule has 0 aliphatic heterocycles. The van der Waals surface area contributed by atoms with E-state index >= 15 is 0 Å². The summed E-state index contributed by atoms with van der Waals surface area (Å²) in [7, 11) is 5.03. The number of nitrogens with one attached hydrogen (secondary N) is 2. The van der Waals surface area contributed by atoms with E-state index in [0.29, 0.717) is 41.4 Å². The van der Waals surface area contributed by atoms with Crippen LogP contribution in [0.3, 0.4) is 0 Å². The van der Waals surface area contributed by atoms with Crippen molar-refractivity contribution in [2.75, 3.05) is 45.0 Å². The molecule has 7 heteroatoms. The summed E-state index contributed by atoms with van der Waals surface area (Å²) in [5.41, 5.74) is 1.48. The van der Waals surface area contributed by atoms with E-state index in [-0.39, 0.29) is 11.8 Å². The molecular formula is C23H31N3O4. The molecule has 2 amide bonds. The van der Waals surface area contributed by atoms with Gasteiger partial charge in [-0.1, -0.05) is 31.5 Å². The van der Waals surface area contributed by atoms with Gasteiger partial charge in [0.15, 0.2) is 0 Å². The number of ether oxygens (including phenoxy) is 2. The van der Waals surface area contributed by atoms with Gasteiger partial charge in [-0.25, -0.2) is 0 Å². The summed E-state index contributed by atoms with van der Waals surface area (Å²) in [6.07, 6.45) is 2.61. The van der Waals surface area contributed by atoms with E-state index in [1.165, 1.54) is 14.2 Å². The van der Waals surface area contributed by atoms with Crippen LogP contribution in [0.15, 0.2) is 42.5 Å². The standard InChI is InChI=1S/C23H31N3O4/c1-5-6-13-26(2)14-12-22(27)24-18-15-21(30-4)19(16-20(18)29-3)25-23(28)17-10-8-7-9-11-17/h7-11,15-16H,5-6,12-14H2,1-4H3,(H,24,27)(H,25,28). The van der Waals surface area contributed by atoms with Crippen molar-refractivity contribution < 1.29 is 19.1 Å². The number of anilines is 2. The molecule has 0 saturated carbocycles. The fourth-order valence-corrected chi connectivity index (χ4v) is 2.92. The van der Waals surface area contributed by atoms with Crippen LogP contribution in [0.5, 0.6) is 11.5 Å². The first-order chi connectivity index (χ1) is 14.5.